The van der Waals surface area contributed by atoms with Gasteiger partial charge in [-0.1, -0.05) is 44.2 Å². The number of aromatic nitrogens is 3. The second-order valence-corrected chi connectivity index (χ2v) is 12.7. The highest BCUT2D eigenvalue weighted by molar-refractivity contribution is 8.02. The van der Waals surface area contributed by atoms with E-state index >= 15 is 0 Å². The van der Waals surface area contributed by atoms with Crippen LogP contribution in [0.4, 0.5) is 0 Å². The van der Waals surface area contributed by atoms with E-state index in [2.05, 4.69) is 23.8 Å². The van der Waals surface area contributed by atoms with Crippen LogP contribution in [-0.2, 0) is 25.8 Å². The topological polar surface area (TPSA) is 118 Å². The summed E-state index contributed by atoms with van der Waals surface area (Å²) in [5.74, 6) is -2.25. The fraction of sp³-hybridized carbons (Fsp3) is 0.607. The summed E-state index contributed by atoms with van der Waals surface area (Å²) >= 11 is 1.60. The van der Waals surface area contributed by atoms with Crippen molar-refractivity contribution in [3.05, 3.63) is 36.9 Å². The third-order valence-electron chi connectivity index (χ3n) is 8.68. The molecule has 3 fully saturated rings. The predicted octanol–water partition coefficient (Wildman–Crippen LogP) is 2.32. The van der Waals surface area contributed by atoms with Crippen molar-refractivity contribution in [3.8, 4) is 0 Å². The van der Waals surface area contributed by atoms with Crippen molar-refractivity contribution in [1.29, 1.82) is 0 Å². The number of benzene rings is 1. The Morgan fingerprint density at radius 2 is 2.10 bits per heavy atom. The highest BCUT2D eigenvalue weighted by atomic mass is 32.2. The number of ether oxygens (including phenoxy) is 1. The molecule has 0 aliphatic carbocycles. The number of likely N-dealkylation sites (tertiary alicyclic amines) is 1. The van der Waals surface area contributed by atoms with Crippen LogP contribution >= 0.6 is 11.8 Å². The molecule has 3 unspecified atom stereocenters. The van der Waals surface area contributed by atoms with Crippen molar-refractivity contribution in [1.82, 2.24) is 24.8 Å². The van der Waals surface area contributed by atoms with Gasteiger partial charge in [0, 0.05) is 11.8 Å². The summed E-state index contributed by atoms with van der Waals surface area (Å²) in [7, 11) is 0. The molecule has 2 aromatic rings. The molecular weight excluding hydrogens is 518 g/mol. The highest BCUT2D eigenvalue weighted by Gasteiger charge is 2.77. The Balaban J connectivity index is 1.59. The third kappa shape index (κ3) is 4.16. The van der Waals surface area contributed by atoms with Crippen molar-refractivity contribution in [2.24, 2.45) is 23.7 Å². The van der Waals surface area contributed by atoms with Crippen molar-refractivity contribution in [2.75, 3.05) is 19.8 Å². The van der Waals surface area contributed by atoms with Crippen LogP contribution < -0.4 is 0 Å². The predicted molar refractivity (Wildman–Crippen MR) is 147 cm³/mol. The number of fused-ring (bicyclic) bond motifs is 2. The van der Waals surface area contributed by atoms with E-state index in [1.807, 2.05) is 38.1 Å². The number of esters is 1. The molecule has 7 atom stereocenters. The van der Waals surface area contributed by atoms with Gasteiger partial charge in [-0.25, -0.2) is 4.68 Å². The van der Waals surface area contributed by atoms with Gasteiger partial charge in [-0.3, -0.25) is 14.4 Å². The average molecular weight is 556 g/mol. The van der Waals surface area contributed by atoms with Gasteiger partial charge in [0.25, 0.3) is 0 Å². The van der Waals surface area contributed by atoms with Crippen LogP contribution in [-0.4, -0.2) is 89.5 Å². The lowest BCUT2D eigenvalue weighted by Crippen LogP contribution is -2.60. The summed E-state index contributed by atoms with van der Waals surface area (Å²) in [6.07, 6.45) is 2.37. The quantitative estimate of drug-likeness (QED) is 0.351. The summed E-state index contributed by atoms with van der Waals surface area (Å²) in [6.45, 7) is 11.9. The minimum Gasteiger partial charge on any atom is -0.466 e. The summed E-state index contributed by atoms with van der Waals surface area (Å²) in [5.41, 5.74) is 1.51. The van der Waals surface area contributed by atoms with Gasteiger partial charge in [0.2, 0.25) is 11.8 Å². The SMILES string of the molecule is C=CCN(Cn1nnc2ccccc21)C(=O)C1N([C@@H](CO)C(C)C)C(=O)[C@@H]2[C@@H](C(=O)OCC)[C@H]3CC(C)C12S3. The molecule has 39 heavy (non-hydrogen) atoms. The summed E-state index contributed by atoms with van der Waals surface area (Å²) in [5, 5.41) is 18.8. The molecule has 11 heteroatoms. The largest absolute Gasteiger partial charge is 0.466 e. The van der Waals surface area contributed by atoms with Gasteiger partial charge in [0.1, 0.15) is 18.2 Å². The molecule has 0 saturated carbocycles. The number of aliphatic hydroxyl groups excluding tert-OH is 1. The van der Waals surface area contributed by atoms with Gasteiger partial charge in [-0.15, -0.1) is 23.4 Å². The third-order valence-corrected chi connectivity index (χ3v) is 10.8. The van der Waals surface area contributed by atoms with Crippen LogP contribution in [0.3, 0.4) is 0 Å². The number of carbonyl (C=O) groups is 3. The average Bonchev–Trinajstić information content (AvgIpc) is 3.62. The number of hydrogen-bond donors (Lipinski definition) is 1. The number of nitrogens with zero attached hydrogens (tertiary/aromatic N) is 5. The molecule has 2 amide bonds. The van der Waals surface area contributed by atoms with Gasteiger partial charge in [0.05, 0.1) is 41.4 Å². The number of aliphatic hydroxyl groups is 1. The Morgan fingerprint density at radius 3 is 2.77 bits per heavy atom. The van der Waals surface area contributed by atoms with E-state index in [4.69, 9.17) is 4.74 Å². The van der Waals surface area contributed by atoms with E-state index in [0.717, 1.165) is 17.5 Å². The molecule has 1 aromatic heterocycles. The summed E-state index contributed by atoms with van der Waals surface area (Å²) in [6, 6.07) is 6.10. The molecule has 1 spiro atoms. The lowest BCUT2D eigenvalue weighted by molar-refractivity contribution is -0.154. The second-order valence-electron chi connectivity index (χ2n) is 11.1. The number of rotatable bonds is 10. The number of hydrogen-bond acceptors (Lipinski definition) is 8. The normalized spacial score (nSPS) is 30.2. The van der Waals surface area contributed by atoms with Crippen molar-refractivity contribution in [3.63, 3.8) is 0 Å². The lowest BCUT2D eigenvalue weighted by Gasteiger charge is -2.42. The van der Waals surface area contributed by atoms with E-state index in [-0.39, 0.29) is 61.3 Å². The zero-order valence-corrected chi connectivity index (χ0v) is 23.7. The molecule has 10 nitrogen and oxygen atoms in total. The smallest absolute Gasteiger partial charge is 0.310 e. The summed E-state index contributed by atoms with van der Waals surface area (Å²) in [4.78, 5) is 45.4. The minimum atomic E-state index is -0.853. The first-order chi connectivity index (χ1) is 18.7. The highest BCUT2D eigenvalue weighted by Crippen LogP contribution is 2.69. The number of carbonyl (C=O) groups excluding carboxylic acids is 3. The van der Waals surface area contributed by atoms with E-state index in [0.29, 0.717) is 0 Å². The van der Waals surface area contributed by atoms with Crippen LogP contribution in [0.5, 0.6) is 0 Å². The maximum atomic E-state index is 14.7. The Hall–Kier alpha value is -2.92. The molecule has 1 aromatic carbocycles. The van der Waals surface area contributed by atoms with E-state index in [9.17, 15) is 19.5 Å². The Kier molecular flexibility index (Phi) is 7.49. The van der Waals surface area contributed by atoms with Crippen LogP contribution in [0, 0.1) is 23.7 Å². The van der Waals surface area contributed by atoms with Crippen LogP contribution in [0.25, 0.3) is 11.0 Å². The second kappa shape index (κ2) is 10.6. The molecule has 5 rings (SSSR count). The van der Waals surface area contributed by atoms with Crippen LogP contribution in [0.1, 0.15) is 34.1 Å². The van der Waals surface area contributed by atoms with Gasteiger partial charge >= 0.3 is 5.97 Å². The molecule has 210 valence electrons. The van der Waals surface area contributed by atoms with Gasteiger partial charge in [-0.2, -0.15) is 0 Å². The minimum absolute atomic E-state index is 0.00960. The zero-order chi connectivity index (χ0) is 28.1. The fourth-order valence-electron chi connectivity index (χ4n) is 6.95. The van der Waals surface area contributed by atoms with Crippen molar-refractivity contribution >= 4 is 40.6 Å². The molecule has 1 N–H and O–H groups in total. The maximum absolute atomic E-state index is 14.7. The molecule has 4 heterocycles. The first-order valence-corrected chi connectivity index (χ1v) is 14.5. The van der Waals surface area contributed by atoms with E-state index < -0.39 is 28.7 Å². The van der Waals surface area contributed by atoms with E-state index in [1.54, 1.807) is 39.2 Å². The first kappa shape index (κ1) is 27.6. The molecular formula is C28H37N5O5S. The van der Waals surface area contributed by atoms with Gasteiger partial charge in [-0.05, 0) is 37.3 Å². The van der Waals surface area contributed by atoms with Gasteiger partial charge in [0.15, 0.2) is 0 Å². The Bertz CT molecular complexity index is 1280. The Morgan fingerprint density at radius 1 is 1.36 bits per heavy atom. The number of amides is 2. The number of para-hydroxylation sites is 1. The first-order valence-electron chi connectivity index (χ1n) is 13.7. The monoisotopic (exact) mass is 555 g/mol. The number of thioether (sulfide) groups is 1. The van der Waals surface area contributed by atoms with Crippen LogP contribution in [0.2, 0.25) is 0 Å². The fourth-order valence-corrected chi connectivity index (χ4v) is 9.34. The zero-order valence-electron chi connectivity index (χ0n) is 22.9. The van der Waals surface area contributed by atoms with Gasteiger partial charge < -0.3 is 19.6 Å². The van der Waals surface area contributed by atoms with Crippen LogP contribution in [0.15, 0.2) is 36.9 Å². The Labute approximate surface area is 232 Å². The molecule has 2 bridgehead atoms. The molecule has 3 aliphatic rings. The molecule has 3 aliphatic heterocycles. The standard InChI is InChI=1S/C28H37N5O5S/c1-6-12-31(15-32-19-11-9-8-10-18(19)29-30-32)26(36)24-28-17(5)13-21(39-28)22(27(37)38-7-2)23(28)25(35)33(24)20(14-34)16(3)4/h6,8-11,16-17,20-24,34H,1,7,12-15H2,2-5H3/t17?,20-,21+,22-,23-,24?,28?/m0/s1. The molecule has 3 saturated heterocycles. The van der Waals surface area contributed by atoms with Crippen molar-refractivity contribution in [2.45, 2.75) is 62.9 Å². The lowest BCUT2D eigenvalue weighted by atomic mass is 9.66. The maximum Gasteiger partial charge on any atom is 0.310 e. The summed E-state index contributed by atoms with van der Waals surface area (Å²) < 4.78 is 6.30. The molecule has 0 radical (unpaired) electrons. The van der Waals surface area contributed by atoms with E-state index in [1.165, 1.54) is 0 Å². The van der Waals surface area contributed by atoms with Crippen molar-refractivity contribution < 1.29 is 24.2 Å².